The second-order valence-electron chi connectivity index (χ2n) is 10.5. The van der Waals surface area contributed by atoms with Gasteiger partial charge in [0.25, 0.3) is 0 Å². The number of rotatable bonds is 5. The van der Waals surface area contributed by atoms with Crippen molar-refractivity contribution in [3.05, 3.63) is 65.2 Å². The molecule has 0 aromatic heterocycles. The number of carbonyl (C=O) groups is 2. The minimum Gasteiger partial charge on any atom is -0.487 e. The Bertz CT molecular complexity index is 1110. The van der Waals surface area contributed by atoms with E-state index in [9.17, 15) is 14.7 Å². The largest absolute Gasteiger partial charge is 0.487 e. The van der Waals surface area contributed by atoms with Crippen molar-refractivity contribution in [3.63, 3.8) is 0 Å². The third-order valence-corrected chi connectivity index (χ3v) is 7.87. The first-order valence-electron chi connectivity index (χ1n) is 12.4. The summed E-state index contributed by atoms with van der Waals surface area (Å²) in [6, 6.07) is 15.0. The summed E-state index contributed by atoms with van der Waals surface area (Å²) in [6.07, 6.45) is 0.975. The summed E-state index contributed by atoms with van der Waals surface area (Å²) in [4.78, 5) is 27.0. The summed E-state index contributed by atoms with van der Waals surface area (Å²) in [5.74, 6) is -0.298. The lowest BCUT2D eigenvalue weighted by molar-refractivity contribution is -0.232. The molecule has 35 heavy (non-hydrogen) atoms. The van der Waals surface area contributed by atoms with E-state index in [2.05, 4.69) is 24.8 Å². The molecular formula is C28H33NO6. The fourth-order valence-corrected chi connectivity index (χ4v) is 6.09. The normalized spacial score (nSPS) is 29.2. The Kier molecular flexibility index (Phi) is 6.09. The average Bonchev–Trinajstić information content (AvgIpc) is 2.83. The fourth-order valence-electron chi connectivity index (χ4n) is 6.09. The molecule has 1 N–H and O–H groups in total. The van der Waals surface area contributed by atoms with Gasteiger partial charge >= 0.3 is 11.9 Å². The Morgan fingerprint density at radius 1 is 1.14 bits per heavy atom. The van der Waals surface area contributed by atoms with Gasteiger partial charge in [0.15, 0.2) is 0 Å². The molecule has 0 aliphatic carbocycles. The predicted octanol–water partition coefficient (Wildman–Crippen LogP) is 4.46. The fraction of sp³-hybridized carbons (Fsp3) is 0.500. The van der Waals surface area contributed by atoms with Crippen LogP contribution >= 0.6 is 0 Å². The number of fused-ring (bicyclic) bond motifs is 4. The molecule has 7 nitrogen and oxygen atoms in total. The van der Waals surface area contributed by atoms with E-state index in [0.717, 1.165) is 29.8 Å². The minimum atomic E-state index is -0.938. The van der Waals surface area contributed by atoms with Gasteiger partial charge in [0.05, 0.1) is 24.4 Å². The second kappa shape index (κ2) is 8.95. The van der Waals surface area contributed by atoms with Gasteiger partial charge in [0.2, 0.25) is 0 Å². The molecule has 3 heterocycles. The first-order chi connectivity index (χ1) is 16.7. The summed E-state index contributed by atoms with van der Waals surface area (Å²) in [5, 5.41) is 9.18. The van der Waals surface area contributed by atoms with Crippen molar-refractivity contribution in [1.29, 1.82) is 0 Å². The lowest BCUT2D eigenvalue weighted by Crippen LogP contribution is -2.63. The van der Waals surface area contributed by atoms with Crippen molar-refractivity contribution in [2.45, 2.75) is 58.0 Å². The van der Waals surface area contributed by atoms with E-state index >= 15 is 0 Å². The summed E-state index contributed by atoms with van der Waals surface area (Å²) < 4.78 is 18.9. The molecule has 0 unspecified atom stereocenters. The number of ether oxygens (including phenoxy) is 3. The SMILES string of the molecule is CCOC(=O)[C@@]12C[C@@H]3[C@@H](O[C@@H]1CCN(Cc1ccc(C(=O)O)cc1)C2)c1ccccc1OC3(C)C. The maximum Gasteiger partial charge on any atom is 0.335 e. The molecule has 2 aromatic carbocycles. The standard InChI is InChI=1S/C28H33NO6/c1-4-33-26(32)28-15-21-24(20-7-5-6-8-22(20)35-27(21,2)3)34-23(28)13-14-29(17-28)16-18-9-11-19(12-10-18)25(30)31/h5-12,21,23-24H,4,13-17H2,1-3H3,(H,30,31)/t21-,23-,24+,28-/m1/s1. The van der Waals surface area contributed by atoms with Gasteiger partial charge in [-0.25, -0.2) is 4.79 Å². The molecule has 4 atom stereocenters. The highest BCUT2D eigenvalue weighted by atomic mass is 16.5. The lowest BCUT2D eigenvalue weighted by Gasteiger charge is -2.57. The van der Waals surface area contributed by atoms with Gasteiger partial charge in [0.1, 0.15) is 16.8 Å². The van der Waals surface area contributed by atoms with Crippen LogP contribution in [0.15, 0.2) is 48.5 Å². The van der Waals surface area contributed by atoms with Crippen LogP contribution in [0.1, 0.15) is 61.2 Å². The maximum atomic E-state index is 13.6. The van der Waals surface area contributed by atoms with Gasteiger partial charge in [-0.3, -0.25) is 9.69 Å². The third-order valence-electron chi connectivity index (χ3n) is 7.87. The molecule has 0 bridgehead atoms. The number of para-hydroxylation sites is 1. The van der Waals surface area contributed by atoms with E-state index in [-0.39, 0.29) is 29.7 Å². The highest BCUT2D eigenvalue weighted by molar-refractivity contribution is 5.87. The molecule has 0 radical (unpaired) electrons. The number of benzene rings is 2. The number of likely N-dealkylation sites (tertiary alicyclic amines) is 1. The number of carbonyl (C=O) groups excluding carboxylic acids is 1. The molecule has 0 amide bonds. The molecular weight excluding hydrogens is 446 g/mol. The summed E-state index contributed by atoms with van der Waals surface area (Å²) in [6.45, 7) is 8.25. The first-order valence-corrected chi connectivity index (χ1v) is 12.4. The van der Waals surface area contributed by atoms with Crippen LogP contribution in [0, 0.1) is 11.3 Å². The second-order valence-corrected chi connectivity index (χ2v) is 10.5. The van der Waals surface area contributed by atoms with Gasteiger partial charge in [-0.05, 0) is 57.4 Å². The zero-order valence-corrected chi connectivity index (χ0v) is 20.5. The molecule has 7 heteroatoms. The smallest absolute Gasteiger partial charge is 0.335 e. The van der Waals surface area contributed by atoms with E-state index in [1.165, 1.54) is 0 Å². The van der Waals surface area contributed by atoms with Gasteiger partial charge in [0, 0.05) is 31.1 Å². The number of carboxylic acids is 1. The number of hydrogen-bond donors (Lipinski definition) is 1. The molecule has 3 aliphatic rings. The molecule has 0 spiro atoms. The van der Waals surface area contributed by atoms with Gasteiger partial charge in [-0.2, -0.15) is 0 Å². The molecule has 186 valence electrons. The number of esters is 1. The maximum absolute atomic E-state index is 13.6. The van der Waals surface area contributed by atoms with Crippen LogP contribution in [0.4, 0.5) is 0 Å². The Morgan fingerprint density at radius 2 is 1.89 bits per heavy atom. The van der Waals surface area contributed by atoms with Crippen molar-refractivity contribution in [2.75, 3.05) is 19.7 Å². The van der Waals surface area contributed by atoms with Crippen molar-refractivity contribution < 1.29 is 28.9 Å². The molecule has 2 fully saturated rings. The third kappa shape index (κ3) is 4.21. The number of carboxylic acid groups (broad SMARTS) is 1. The van der Waals surface area contributed by atoms with E-state index in [1.807, 2.05) is 37.3 Å². The van der Waals surface area contributed by atoms with Crippen LogP contribution in [-0.2, 0) is 20.8 Å². The number of hydrogen-bond acceptors (Lipinski definition) is 6. The minimum absolute atomic E-state index is 0.00661. The molecule has 2 saturated heterocycles. The van der Waals surface area contributed by atoms with Crippen LogP contribution in [0.2, 0.25) is 0 Å². The Balaban J connectivity index is 1.44. The van der Waals surface area contributed by atoms with Gasteiger partial charge in [-0.15, -0.1) is 0 Å². The average molecular weight is 480 g/mol. The van der Waals surface area contributed by atoms with Crippen LogP contribution in [0.3, 0.4) is 0 Å². The number of nitrogens with zero attached hydrogens (tertiary/aromatic N) is 1. The van der Waals surface area contributed by atoms with Gasteiger partial charge < -0.3 is 19.3 Å². The van der Waals surface area contributed by atoms with Crippen molar-refractivity contribution in [2.24, 2.45) is 11.3 Å². The quantitative estimate of drug-likeness (QED) is 0.634. The van der Waals surface area contributed by atoms with Crippen LogP contribution in [-0.4, -0.2) is 53.3 Å². The van der Waals surface area contributed by atoms with Gasteiger partial charge in [-0.1, -0.05) is 30.3 Å². The molecule has 0 saturated carbocycles. The molecule has 3 aliphatic heterocycles. The zero-order chi connectivity index (χ0) is 24.8. The summed E-state index contributed by atoms with van der Waals surface area (Å²) >= 11 is 0. The molecule has 2 aromatic rings. The zero-order valence-electron chi connectivity index (χ0n) is 20.5. The van der Waals surface area contributed by atoms with Crippen LogP contribution in [0.25, 0.3) is 0 Å². The Labute approximate surface area is 206 Å². The van der Waals surface area contributed by atoms with E-state index < -0.39 is 17.0 Å². The predicted molar refractivity (Wildman–Crippen MR) is 129 cm³/mol. The summed E-state index contributed by atoms with van der Waals surface area (Å²) in [5.41, 5.74) is 1.04. The lowest BCUT2D eigenvalue weighted by atomic mass is 9.63. The van der Waals surface area contributed by atoms with Crippen LogP contribution in [0.5, 0.6) is 5.75 Å². The topological polar surface area (TPSA) is 85.3 Å². The highest BCUT2D eigenvalue weighted by Crippen LogP contribution is 2.57. The first kappa shape index (κ1) is 23.8. The molecule has 5 rings (SSSR count). The van der Waals surface area contributed by atoms with E-state index in [4.69, 9.17) is 14.2 Å². The number of aromatic carboxylic acids is 1. The summed E-state index contributed by atoms with van der Waals surface area (Å²) in [7, 11) is 0. The Morgan fingerprint density at radius 3 is 2.60 bits per heavy atom. The van der Waals surface area contributed by atoms with E-state index in [0.29, 0.717) is 26.1 Å². The van der Waals surface area contributed by atoms with Crippen molar-refractivity contribution in [1.82, 2.24) is 4.90 Å². The highest BCUT2D eigenvalue weighted by Gasteiger charge is 2.61. The Hall–Kier alpha value is -2.90. The van der Waals surface area contributed by atoms with Crippen LogP contribution < -0.4 is 4.74 Å². The number of piperidine rings is 1. The van der Waals surface area contributed by atoms with Crippen molar-refractivity contribution >= 4 is 11.9 Å². The van der Waals surface area contributed by atoms with Crippen molar-refractivity contribution in [3.8, 4) is 5.75 Å². The van der Waals surface area contributed by atoms with E-state index in [1.54, 1.807) is 12.1 Å². The monoisotopic (exact) mass is 479 g/mol.